The van der Waals surface area contributed by atoms with Crippen molar-refractivity contribution in [2.45, 2.75) is 84.7 Å². The number of dihydropyridines is 1. The highest BCUT2D eigenvalue weighted by molar-refractivity contribution is 6.44. The zero-order chi connectivity index (χ0) is 44.9. The largest absolute Gasteiger partial charge is 0.384 e. The molecule has 4 unspecified atom stereocenters. The van der Waals surface area contributed by atoms with Crippen LogP contribution < -0.4 is 37.2 Å². The molecular weight excluding hydrogens is 787 g/mol. The van der Waals surface area contributed by atoms with E-state index in [1.807, 2.05) is 25.1 Å². The Balaban J connectivity index is 1.05. The molecule has 1 saturated heterocycles. The molecule has 15 nitrogen and oxygen atoms in total. The molecule has 3 aliphatic rings. The summed E-state index contributed by atoms with van der Waals surface area (Å²) in [7, 11) is 1.46. The molecule has 4 amide bonds. The second kappa shape index (κ2) is 21.7. The van der Waals surface area contributed by atoms with Gasteiger partial charge in [-0.25, -0.2) is 0 Å². The van der Waals surface area contributed by atoms with Gasteiger partial charge in [0.25, 0.3) is 11.8 Å². The van der Waals surface area contributed by atoms with Gasteiger partial charge >= 0.3 is 0 Å². The predicted molar refractivity (Wildman–Crippen MR) is 241 cm³/mol. The summed E-state index contributed by atoms with van der Waals surface area (Å²) in [5.41, 5.74) is 4.99. The van der Waals surface area contributed by atoms with E-state index in [0.717, 1.165) is 49.7 Å². The van der Waals surface area contributed by atoms with Gasteiger partial charge in [0.1, 0.15) is 11.9 Å². The Kier molecular flexibility index (Phi) is 16.3. The number of carbonyl (C=O) groups is 6. The van der Waals surface area contributed by atoms with Crippen molar-refractivity contribution < 1.29 is 28.8 Å². The highest BCUT2D eigenvalue weighted by atomic mass is 16.2. The third kappa shape index (κ3) is 11.2. The van der Waals surface area contributed by atoms with E-state index in [2.05, 4.69) is 57.6 Å². The van der Waals surface area contributed by atoms with Gasteiger partial charge in [-0.2, -0.15) is 0 Å². The summed E-state index contributed by atoms with van der Waals surface area (Å²) < 4.78 is 0. The molecule has 9 N–H and O–H groups in total. The smallest absolute Gasteiger partial charge is 0.271 e. The van der Waals surface area contributed by atoms with Gasteiger partial charge in [0.05, 0.1) is 28.7 Å². The van der Waals surface area contributed by atoms with Crippen molar-refractivity contribution in [2.75, 3.05) is 30.8 Å². The van der Waals surface area contributed by atoms with Gasteiger partial charge in [-0.3, -0.25) is 39.5 Å². The number of ketones is 2. The van der Waals surface area contributed by atoms with Crippen molar-refractivity contribution >= 4 is 58.0 Å². The number of anilines is 2. The first-order valence-corrected chi connectivity index (χ1v) is 21.5. The number of Topliss-reactive ketones (excluding diaryl/α,β-unsaturated/α-hetero) is 2. The molecule has 328 valence electrons. The van der Waals surface area contributed by atoms with E-state index in [0.29, 0.717) is 59.0 Å². The van der Waals surface area contributed by atoms with Gasteiger partial charge in [0.15, 0.2) is 11.6 Å². The lowest BCUT2D eigenvalue weighted by molar-refractivity contribution is -0.137. The van der Waals surface area contributed by atoms with Gasteiger partial charge < -0.3 is 37.3 Å². The standard InChI is InChI=1S/C47H59N9O6/c1-6-14-27(3)41(48)31-15-12-17-34(30(31)7-2)55-36(42(49)47(62)50-5)25-28(4)54-37-21-19-29(26-53-37)45(60)52-24-11-9-8-10-23-51-35-18-13-16-32-39(35)44(59)40(43(32)58)33-20-22-38(57)56-46(33)61/h12-13,15-19,21,25-27,33,37,40,48-49,51,53-55H,4,6-11,14,20,22-24H2,1-3,5H3,(H,50,62)(H,52,60)(H,56,57,61)/b36-25+,48-41?,49-42?. The van der Waals surface area contributed by atoms with Crippen LogP contribution in [0.25, 0.3) is 0 Å². The summed E-state index contributed by atoms with van der Waals surface area (Å²) in [6.07, 6.45) is 12.3. The van der Waals surface area contributed by atoms with Gasteiger partial charge in [0.2, 0.25) is 11.8 Å². The maximum absolute atomic E-state index is 13.4. The Morgan fingerprint density at radius 3 is 2.37 bits per heavy atom. The number of benzene rings is 2. The molecule has 2 heterocycles. The van der Waals surface area contributed by atoms with Gasteiger partial charge in [0, 0.05) is 66.7 Å². The number of hydrogen-bond acceptors (Lipinski definition) is 12. The molecular formula is C47H59N9O6. The molecule has 5 rings (SSSR count). The van der Waals surface area contributed by atoms with Gasteiger partial charge in [-0.1, -0.05) is 70.9 Å². The van der Waals surface area contributed by atoms with Crippen LogP contribution in [0.4, 0.5) is 11.4 Å². The summed E-state index contributed by atoms with van der Waals surface area (Å²) in [4.78, 5) is 76.1. The SMILES string of the molecule is C=C(/C=C(/Nc1cccc(C(=N)C(C)CCC)c1CC)C(=N)C(=O)NC)NC1C=CC(C(=O)NCCCCCCNc2cccc3c2C(=O)C(C2CCC(=O)NC2=O)C3=O)=CN1. The molecule has 2 aromatic rings. The fraction of sp³-hybridized carbons (Fsp3) is 0.404. The molecule has 0 bridgehead atoms. The second-order valence-corrected chi connectivity index (χ2v) is 15.8. The van der Waals surface area contributed by atoms with E-state index < -0.39 is 35.7 Å². The molecule has 0 spiro atoms. The molecule has 0 radical (unpaired) electrons. The van der Waals surface area contributed by atoms with E-state index in [-0.39, 0.29) is 47.6 Å². The molecule has 4 atom stereocenters. The minimum Gasteiger partial charge on any atom is -0.384 e. The second-order valence-electron chi connectivity index (χ2n) is 15.8. The maximum atomic E-state index is 13.4. The fourth-order valence-corrected chi connectivity index (χ4v) is 8.01. The summed E-state index contributed by atoms with van der Waals surface area (Å²) >= 11 is 0. The minimum absolute atomic E-state index is 0.0902. The Labute approximate surface area is 363 Å². The summed E-state index contributed by atoms with van der Waals surface area (Å²) in [6.45, 7) is 11.3. The molecule has 0 saturated carbocycles. The van der Waals surface area contributed by atoms with Crippen LogP contribution in [0.2, 0.25) is 0 Å². The third-order valence-corrected chi connectivity index (χ3v) is 11.4. The van der Waals surface area contributed by atoms with Crippen LogP contribution in [-0.2, 0) is 25.6 Å². The average Bonchev–Trinajstić information content (AvgIpc) is 3.52. The van der Waals surface area contributed by atoms with Crippen molar-refractivity contribution in [3.05, 3.63) is 107 Å². The van der Waals surface area contributed by atoms with Crippen molar-refractivity contribution in [1.82, 2.24) is 26.6 Å². The van der Waals surface area contributed by atoms with E-state index >= 15 is 0 Å². The Bertz CT molecular complexity index is 2220. The summed E-state index contributed by atoms with van der Waals surface area (Å²) in [5.74, 6) is -4.41. The third-order valence-electron chi connectivity index (χ3n) is 11.4. The minimum atomic E-state index is -1.11. The predicted octanol–water partition coefficient (Wildman–Crippen LogP) is 5.42. The van der Waals surface area contributed by atoms with Crippen LogP contribution in [0.1, 0.15) is 104 Å². The van der Waals surface area contributed by atoms with Crippen molar-refractivity contribution in [3.8, 4) is 0 Å². The van der Waals surface area contributed by atoms with E-state index in [9.17, 15) is 28.8 Å². The number of nitrogens with one attached hydrogen (secondary N) is 9. The molecule has 15 heteroatoms. The van der Waals surface area contributed by atoms with Crippen LogP contribution in [-0.4, -0.2) is 72.9 Å². The lowest BCUT2D eigenvalue weighted by atomic mass is 9.82. The summed E-state index contributed by atoms with van der Waals surface area (Å²) in [5, 5.41) is 38.1. The summed E-state index contributed by atoms with van der Waals surface area (Å²) in [6, 6.07) is 10.8. The monoisotopic (exact) mass is 845 g/mol. The number of allylic oxidation sites excluding steroid dienone is 1. The van der Waals surface area contributed by atoms with Crippen LogP contribution in [0.3, 0.4) is 0 Å². The van der Waals surface area contributed by atoms with Gasteiger partial charge in [-0.05, 0) is 73.9 Å². The highest BCUT2D eigenvalue weighted by Gasteiger charge is 2.48. The first-order chi connectivity index (χ1) is 29.8. The topological polar surface area (TPSA) is 234 Å². The lowest BCUT2D eigenvalue weighted by Crippen LogP contribution is -2.46. The molecule has 62 heavy (non-hydrogen) atoms. The number of amides is 4. The van der Waals surface area contributed by atoms with Crippen LogP contribution in [0.5, 0.6) is 0 Å². The lowest BCUT2D eigenvalue weighted by Gasteiger charge is -2.24. The average molecular weight is 846 g/mol. The van der Waals surface area contributed by atoms with Crippen LogP contribution in [0.15, 0.2) is 84.4 Å². The van der Waals surface area contributed by atoms with Crippen molar-refractivity contribution in [3.63, 3.8) is 0 Å². The van der Waals surface area contributed by atoms with Crippen molar-refractivity contribution in [1.29, 1.82) is 10.8 Å². The zero-order valence-corrected chi connectivity index (χ0v) is 36.0. The molecule has 1 fully saturated rings. The Hall–Kier alpha value is -6.64. The van der Waals surface area contributed by atoms with Gasteiger partial charge in [-0.15, -0.1) is 0 Å². The number of carbonyl (C=O) groups excluding carboxylic acids is 6. The molecule has 2 aliphatic heterocycles. The number of hydrogen-bond donors (Lipinski definition) is 9. The van der Waals surface area contributed by atoms with Crippen LogP contribution >= 0.6 is 0 Å². The normalized spacial score (nSPS) is 18.7. The van der Waals surface area contributed by atoms with Crippen LogP contribution in [0, 0.1) is 28.6 Å². The Morgan fingerprint density at radius 2 is 1.69 bits per heavy atom. The molecule has 2 aromatic carbocycles. The number of fused-ring (bicyclic) bond motifs is 1. The number of imide groups is 1. The van der Waals surface area contributed by atoms with E-state index in [4.69, 9.17) is 10.8 Å². The number of rotatable bonds is 22. The van der Waals surface area contributed by atoms with Crippen molar-refractivity contribution in [2.24, 2.45) is 17.8 Å². The molecule has 0 aromatic heterocycles. The molecule has 1 aliphatic carbocycles. The number of piperidine rings is 1. The Morgan fingerprint density at radius 1 is 0.968 bits per heavy atom. The maximum Gasteiger partial charge on any atom is 0.271 e. The first-order valence-electron chi connectivity index (χ1n) is 21.5. The highest BCUT2D eigenvalue weighted by Crippen LogP contribution is 2.38. The zero-order valence-electron chi connectivity index (χ0n) is 36.0. The quantitative estimate of drug-likeness (QED) is 0.0240. The van der Waals surface area contributed by atoms with E-state index in [1.165, 1.54) is 7.05 Å². The number of unbranched alkanes of at least 4 members (excludes halogenated alkanes) is 3. The van der Waals surface area contributed by atoms with E-state index in [1.54, 1.807) is 42.6 Å². The fourth-order valence-electron chi connectivity index (χ4n) is 8.01. The first kappa shape index (κ1) is 46.4.